The number of halogens is 6. The fourth-order valence-corrected chi connectivity index (χ4v) is 8.09. The molecule has 4 atom stereocenters. The number of ether oxygens (including phenoxy) is 1. The van der Waals surface area contributed by atoms with Crippen molar-refractivity contribution in [3.8, 4) is 17.1 Å². The molecule has 0 unspecified atom stereocenters. The number of thiazole rings is 1. The number of rotatable bonds is 6. The maximum atomic E-state index is 16.8. The van der Waals surface area contributed by atoms with E-state index in [4.69, 9.17) is 10.5 Å². The zero-order valence-corrected chi connectivity index (χ0v) is 25.3. The Morgan fingerprint density at radius 1 is 1.18 bits per heavy atom. The summed E-state index contributed by atoms with van der Waals surface area (Å²) >= 11 is 0.758. The zero-order chi connectivity index (χ0) is 31.8. The van der Waals surface area contributed by atoms with Gasteiger partial charge in [0.1, 0.15) is 29.9 Å². The highest BCUT2D eigenvalue weighted by atomic mass is 32.1. The first-order valence-corrected chi connectivity index (χ1v) is 15.6. The van der Waals surface area contributed by atoms with E-state index in [2.05, 4.69) is 20.3 Å². The molecule has 240 valence electrons. The van der Waals surface area contributed by atoms with Crippen LogP contribution in [0.1, 0.15) is 31.7 Å². The summed E-state index contributed by atoms with van der Waals surface area (Å²) in [6.45, 7) is 4.31. The third-order valence-electron chi connectivity index (χ3n) is 9.52. The number of nitrogens with two attached hydrogens (primary N) is 1. The van der Waals surface area contributed by atoms with Crippen molar-refractivity contribution in [2.45, 2.75) is 50.1 Å². The predicted molar refractivity (Wildman–Crippen MR) is 160 cm³/mol. The minimum absolute atomic E-state index is 0.0509. The molecular weight excluding hydrogens is 620 g/mol. The van der Waals surface area contributed by atoms with E-state index in [1.165, 1.54) is 0 Å². The van der Waals surface area contributed by atoms with Crippen molar-refractivity contribution in [1.29, 1.82) is 0 Å². The van der Waals surface area contributed by atoms with Gasteiger partial charge >= 0.3 is 12.2 Å². The van der Waals surface area contributed by atoms with Crippen molar-refractivity contribution in [2.24, 2.45) is 5.92 Å². The summed E-state index contributed by atoms with van der Waals surface area (Å²) in [6.07, 6.45) is -4.14. The summed E-state index contributed by atoms with van der Waals surface area (Å²) in [7, 11) is 1.70. The number of benzene rings is 2. The van der Waals surface area contributed by atoms with Crippen LogP contribution in [0.2, 0.25) is 0 Å². The molecule has 45 heavy (non-hydrogen) atoms. The molecule has 3 aliphatic rings. The van der Waals surface area contributed by atoms with Gasteiger partial charge in [-0.15, -0.1) is 0 Å². The number of nitrogens with zero attached hydrogens (tertiary/aromatic N) is 5. The third-order valence-corrected chi connectivity index (χ3v) is 10.4. The zero-order valence-electron chi connectivity index (χ0n) is 24.5. The largest absolute Gasteiger partial charge is 0.461 e. The van der Waals surface area contributed by atoms with Gasteiger partial charge in [0.05, 0.1) is 21.3 Å². The summed E-state index contributed by atoms with van der Waals surface area (Å²) in [4.78, 5) is 16.7. The van der Waals surface area contributed by atoms with E-state index in [0.29, 0.717) is 26.1 Å². The second kappa shape index (κ2) is 10.8. The highest BCUT2D eigenvalue weighted by Crippen LogP contribution is 2.46. The SMILES string of the molecule is C[C@H]1CNC[C@@H]1N(C)c1nc(OC[C@@]23CCCN2C[C@H](F)C3)nc2c(F)c(-c3ccc(F)c4sc(N)nc34)c(C(F)(F)F)cc12. The molecule has 0 bridgehead atoms. The second-order valence-corrected chi connectivity index (χ2v) is 13.4. The smallest absolute Gasteiger partial charge is 0.417 e. The van der Waals surface area contributed by atoms with Crippen LogP contribution in [0.25, 0.3) is 32.2 Å². The molecule has 3 aliphatic heterocycles. The number of hydrogen-bond acceptors (Lipinski definition) is 9. The molecule has 5 heterocycles. The first-order chi connectivity index (χ1) is 21.4. The van der Waals surface area contributed by atoms with Crippen LogP contribution in [0.15, 0.2) is 18.2 Å². The Balaban J connectivity index is 1.43. The van der Waals surface area contributed by atoms with Gasteiger partial charge in [0.2, 0.25) is 0 Å². The fourth-order valence-electron chi connectivity index (χ4n) is 7.32. The lowest BCUT2D eigenvalue weighted by atomic mass is 9.94. The molecule has 15 heteroatoms. The number of likely N-dealkylation sites (N-methyl/N-ethyl adjacent to an activating group) is 1. The van der Waals surface area contributed by atoms with E-state index >= 15 is 4.39 Å². The number of hydrogen-bond donors (Lipinski definition) is 2. The van der Waals surface area contributed by atoms with E-state index in [0.717, 1.165) is 42.5 Å². The number of aromatic nitrogens is 3. The highest BCUT2D eigenvalue weighted by Gasteiger charge is 2.49. The number of anilines is 2. The lowest BCUT2D eigenvalue weighted by molar-refractivity contribution is -0.137. The van der Waals surface area contributed by atoms with Crippen LogP contribution in [-0.2, 0) is 6.18 Å². The minimum Gasteiger partial charge on any atom is -0.461 e. The van der Waals surface area contributed by atoms with Gasteiger partial charge in [-0.2, -0.15) is 23.1 Å². The van der Waals surface area contributed by atoms with Crippen molar-refractivity contribution >= 4 is 43.4 Å². The van der Waals surface area contributed by atoms with E-state index < -0.39 is 40.6 Å². The number of alkyl halides is 4. The molecule has 3 saturated heterocycles. The van der Waals surface area contributed by atoms with Crippen molar-refractivity contribution < 1.29 is 31.1 Å². The van der Waals surface area contributed by atoms with Crippen LogP contribution in [0.4, 0.5) is 37.3 Å². The Bertz CT molecular complexity index is 1800. The van der Waals surface area contributed by atoms with Gasteiger partial charge in [-0.1, -0.05) is 18.3 Å². The van der Waals surface area contributed by atoms with Crippen molar-refractivity contribution in [3.05, 3.63) is 35.4 Å². The average Bonchev–Trinajstić information content (AvgIpc) is 3.75. The molecule has 0 amide bonds. The highest BCUT2D eigenvalue weighted by molar-refractivity contribution is 7.22. The Morgan fingerprint density at radius 2 is 1.98 bits per heavy atom. The monoisotopic (exact) mass is 651 g/mol. The molecule has 0 saturated carbocycles. The Hall–Kier alpha value is -3.43. The lowest BCUT2D eigenvalue weighted by Crippen LogP contribution is -2.43. The first kappa shape index (κ1) is 30.2. The van der Waals surface area contributed by atoms with Crippen LogP contribution in [0.5, 0.6) is 6.01 Å². The van der Waals surface area contributed by atoms with Crippen LogP contribution in [0, 0.1) is 17.6 Å². The molecule has 0 radical (unpaired) electrons. The normalized spacial score (nSPS) is 25.5. The molecule has 8 nitrogen and oxygen atoms in total. The average molecular weight is 652 g/mol. The predicted octanol–water partition coefficient (Wildman–Crippen LogP) is 5.79. The lowest BCUT2D eigenvalue weighted by Gasteiger charge is -2.32. The Kier molecular flexibility index (Phi) is 7.28. The maximum absolute atomic E-state index is 16.8. The second-order valence-electron chi connectivity index (χ2n) is 12.3. The van der Waals surface area contributed by atoms with Gasteiger partial charge in [-0.3, -0.25) is 4.90 Å². The van der Waals surface area contributed by atoms with Gasteiger partial charge in [-0.05, 0) is 50.0 Å². The standard InChI is InChI=1S/C30H31F6N7OS/c1-14-10-38-11-20(14)42(2)26-17-8-18(30(34,35)36)21(16-4-5-19(32)25-24(16)39-27(37)45-25)22(33)23(17)40-28(41-26)44-13-29-6-3-7-43(29)12-15(31)9-29/h4-5,8,14-15,20,38H,3,6-7,9-13H2,1-2H3,(H2,37,39)/t14-,15+,20-,29-/m0/s1. The topological polar surface area (TPSA) is 92.4 Å². The van der Waals surface area contributed by atoms with Gasteiger partial charge in [0.15, 0.2) is 10.9 Å². The molecule has 0 aliphatic carbocycles. The van der Waals surface area contributed by atoms with Gasteiger partial charge in [0, 0.05) is 49.1 Å². The van der Waals surface area contributed by atoms with Gasteiger partial charge in [0.25, 0.3) is 0 Å². The molecule has 2 aromatic heterocycles. The molecule has 3 N–H and O–H groups in total. The van der Waals surface area contributed by atoms with Crippen molar-refractivity contribution in [1.82, 2.24) is 25.2 Å². The van der Waals surface area contributed by atoms with Crippen LogP contribution in [0.3, 0.4) is 0 Å². The van der Waals surface area contributed by atoms with E-state index in [1.807, 2.05) is 11.8 Å². The molecule has 3 fully saturated rings. The number of nitrogen functional groups attached to an aromatic ring is 1. The minimum atomic E-state index is -5.00. The summed E-state index contributed by atoms with van der Waals surface area (Å²) < 4.78 is 96.0. The van der Waals surface area contributed by atoms with Crippen LogP contribution >= 0.6 is 11.3 Å². The summed E-state index contributed by atoms with van der Waals surface area (Å²) in [5.41, 5.74) is 2.29. The molecule has 2 aromatic carbocycles. The molecular formula is C30H31F6N7OS. The molecule has 4 aromatic rings. The number of fused-ring (bicyclic) bond motifs is 3. The summed E-state index contributed by atoms with van der Waals surface area (Å²) in [5.74, 6) is -1.82. The Labute approximate surface area is 258 Å². The van der Waals surface area contributed by atoms with Crippen LogP contribution < -0.4 is 20.7 Å². The summed E-state index contributed by atoms with van der Waals surface area (Å²) in [5, 5.41) is 3.04. The van der Waals surface area contributed by atoms with Crippen LogP contribution in [-0.4, -0.2) is 77.4 Å². The van der Waals surface area contributed by atoms with Crippen molar-refractivity contribution in [2.75, 3.05) is 50.5 Å². The van der Waals surface area contributed by atoms with Crippen molar-refractivity contribution in [3.63, 3.8) is 0 Å². The fraction of sp³-hybridized carbons (Fsp3) is 0.500. The Morgan fingerprint density at radius 3 is 2.71 bits per heavy atom. The van der Waals surface area contributed by atoms with E-state index in [9.17, 15) is 22.0 Å². The van der Waals surface area contributed by atoms with Gasteiger partial charge in [-0.25, -0.2) is 18.2 Å². The maximum Gasteiger partial charge on any atom is 0.417 e. The molecule has 7 rings (SSSR count). The van der Waals surface area contributed by atoms with Gasteiger partial charge < -0.3 is 20.7 Å². The molecule has 0 spiro atoms. The quantitative estimate of drug-likeness (QED) is 0.254. The first-order valence-electron chi connectivity index (χ1n) is 14.8. The number of nitrogens with one attached hydrogen (secondary N) is 1. The van der Waals surface area contributed by atoms with E-state index in [1.54, 1.807) is 11.9 Å². The third kappa shape index (κ3) is 5.03. The van der Waals surface area contributed by atoms with E-state index in [-0.39, 0.29) is 68.6 Å². The summed E-state index contributed by atoms with van der Waals surface area (Å²) in [6, 6.07) is 2.48.